The van der Waals surface area contributed by atoms with E-state index in [0.717, 1.165) is 11.1 Å². The number of halogens is 1. The van der Waals surface area contributed by atoms with Crippen LogP contribution in [0.1, 0.15) is 11.1 Å². The number of amides is 3. The third-order valence-corrected chi connectivity index (χ3v) is 4.09. The fourth-order valence-electron chi connectivity index (χ4n) is 2.27. The molecule has 1 saturated heterocycles. The zero-order valence-corrected chi connectivity index (χ0v) is 12.6. The van der Waals surface area contributed by atoms with Crippen LogP contribution in [-0.2, 0) is 11.3 Å². The minimum absolute atomic E-state index is 0.135. The molecule has 0 bridgehead atoms. The Bertz CT molecular complexity index is 547. The maximum absolute atomic E-state index is 12.2. The highest BCUT2D eigenvalue weighted by atomic mass is 35.5. The quantitative estimate of drug-likeness (QED) is 0.921. The highest BCUT2D eigenvalue weighted by Gasteiger charge is 2.36. The monoisotopic (exact) mass is 295 g/mol. The second kappa shape index (κ2) is 5.71. The lowest BCUT2D eigenvalue weighted by atomic mass is 10.1. The van der Waals surface area contributed by atoms with Crippen molar-refractivity contribution in [1.29, 1.82) is 0 Å². The highest BCUT2D eigenvalue weighted by molar-refractivity contribution is 6.31. The number of urea groups is 1. The molecule has 2 rings (SSSR count). The normalized spacial score (nSPS) is 18.6. The molecular formula is C14H18ClN3O2. The van der Waals surface area contributed by atoms with Crippen LogP contribution in [0.3, 0.4) is 0 Å². The molecule has 20 heavy (non-hydrogen) atoms. The van der Waals surface area contributed by atoms with Gasteiger partial charge in [0.2, 0.25) is 5.91 Å². The number of carbonyl (C=O) groups is 2. The number of benzene rings is 1. The summed E-state index contributed by atoms with van der Waals surface area (Å²) in [5, 5.41) is 3.55. The second-order valence-electron chi connectivity index (χ2n) is 5.03. The molecule has 1 N–H and O–H groups in total. The Morgan fingerprint density at radius 1 is 1.45 bits per heavy atom. The molecule has 0 radical (unpaired) electrons. The topological polar surface area (TPSA) is 52.7 Å². The molecule has 1 aromatic rings. The Morgan fingerprint density at radius 3 is 2.75 bits per heavy atom. The summed E-state index contributed by atoms with van der Waals surface area (Å²) in [4.78, 5) is 26.8. The van der Waals surface area contributed by atoms with Crippen molar-refractivity contribution < 1.29 is 9.59 Å². The number of carbonyl (C=O) groups excluding carboxylic acids is 2. The van der Waals surface area contributed by atoms with E-state index in [1.54, 1.807) is 14.1 Å². The molecule has 0 aromatic heterocycles. The van der Waals surface area contributed by atoms with Gasteiger partial charge < -0.3 is 15.1 Å². The zero-order valence-electron chi connectivity index (χ0n) is 11.8. The lowest BCUT2D eigenvalue weighted by Gasteiger charge is -2.17. The van der Waals surface area contributed by atoms with E-state index in [0.29, 0.717) is 18.1 Å². The predicted octanol–water partition coefficient (Wildman–Crippen LogP) is 1.63. The maximum atomic E-state index is 12.2. The minimum Gasteiger partial charge on any atom is -0.350 e. The van der Waals surface area contributed by atoms with Crippen molar-refractivity contribution in [3.05, 3.63) is 34.3 Å². The van der Waals surface area contributed by atoms with E-state index in [1.165, 1.54) is 9.80 Å². The van der Waals surface area contributed by atoms with Gasteiger partial charge in [0.1, 0.15) is 6.04 Å². The van der Waals surface area contributed by atoms with Gasteiger partial charge in [-0.25, -0.2) is 4.79 Å². The van der Waals surface area contributed by atoms with Gasteiger partial charge in [-0.1, -0.05) is 23.7 Å². The first-order valence-corrected chi connectivity index (χ1v) is 6.79. The van der Waals surface area contributed by atoms with Crippen molar-refractivity contribution in [2.75, 3.05) is 20.6 Å². The van der Waals surface area contributed by atoms with Crippen molar-refractivity contribution in [3.8, 4) is 0 Å². The number of rotatable bonds is 3. The summed E-state index contributed by atoms with van der Waals surface area (Å²) in [5.74, 6) is -0.149. The molecule has 108 valence electrons. The second-order valence-corrected chi connectivity index (χ2v) is 5.44. The molecule has 1 unspecified atom stereocenters. The van der Waals surface area contributed by atoms with Crippen molar-refractivity contribution in [3.63, 3.8) is 0 Å². The first kappa shape index (κ1) is 14.7. The summed E-state index contributed by atoms with van der Waals surface area (Å²) >= 11 is 6.05. The van der Waals surface area contributed by atoms with E-state index in [4.69, 9.17) is 11.6 Å². The van der Waals surface area contributed by atoms with Crippen LogP contribution in [0, 0.1) is 6.92 Å². The van der Waals surface area contributed by atoms with E-state index in [-0.39, 0.29) is 11.9 Å². The number of hydrogen-bond acceptors (Lipinski definition) is 2. The Hall–Kier alpha value is -1.75. The van der Waals surface area contributed by atoms with Crippen LogP contribution >= 0.6 is 11.6 Å². The molecule has 5 nitrogen and oxygen atoms in total. The molecule has 1 fully saturated rings. The van der Waals surface area contributed by atoms with Crippen molar-refractivity contribution >= 4 is 23.5 Å². The molecule has 0 aliphatic carbocycles. The summed E-state index contributed by atoms with van der Waals surface area (Å²) in [6.07, 6.45) is 0. The average molecular weight is 296 g/mol. The van der Waals surface area contributed by atoms with Gasteiger partial charge in [0.25, 0.3) is 0 Å². The standard InChI is InChI=1S/C14H18ClN3O2/c1-9-10(5-4-6-11(9)15)7-16-13(19)12-8-17(2)14(20)18(12)3/h4-6,12H,7-8H2,1-3H3,(H,16,19). The summed E-state index contributed by atoms with van der Waals surface area (Å²) in [7, 11) is 3.33. The lowest BCUT2D eigenvalue weighted by Crippen LogP contribution is -2.43. The Kier molecular flexibility index (Phi) is 4.18. The highest BCUT2D eigenvalue weighted by Crippen LogP contribution is 2.19. The molecule has 1 atom stereocenters. The predicted molar refractivity (Wildman–Crippen MR) is 77.6 cm³/mol. The van der Waals surface area contributed by atoms with E-state index in [1.807, 2.05) is 25.1 Å². The van der Waals surface area contributed by atoms with Gasteiger partial charge in [-0.2, -0.15) is 0 Å². The molecule has 1 heterocycles. The van der Waals surface area contributed by atoms with Gasteiger partial charge in [-0.05, 0) is 24.1 Å². The summed E-state index contributed by atoms with van der Waals surface area (Å²) < 4.78 is 0. The van der Waals surface area contributed by atoms with Crippen molar-refractivity contribution in [2.45, 2.75) is 19.5 Å². The van der Waals surface area contributed by atoms with Crippen LogP contribution in [-0.4, -0.2) is 48.4 Å². The Labute approximate surface area is 123 Å². The van der Waals surface area contributed by atoms with E-state index >= 15 is 0 Å². The number of hydrogen-bond donors (Lipinski definition) is 1. The molecule has 6 heteroatoms. The summed E-state index contributed by atoms with van der Waals surface area (Å²) in [5.41, 5.74) is 1.94. The van der Waals surface area contributed by atoms with Crippen LogP contribution in [0.15, 0.2) is 18.2 Å². The molecule has 0 saturated carbocycles. The van der Waals surface area contributed by atoms with E-state index in [2.05, 4.69) is 5.32 Å². The van der Waals surface area contributed by atoms with Crippen LogP contribution in [0.4, 0.5) is 4.79 Å². The molecule has 1 aliphatic heterocycles. The van der Waals surface area contributed by atoms with Crippen LogP contribution in [0.25, 0.3) is 0 Å². The first-order valence-electron chi connectivity index (χ1n) is 6.41. The maximum Gasteiger partial charge on any atom is 0.320 e. The lowest BCUT2D eigenvalue weighted by molar-refractivity contribution is -0.124. The molecule has 1 aromatic carbocycles. The average Bonchev–Trinajstić information content (AvgIpc) is 2.68. The largest absolute Gasteiger partial charge is 0.350 e. The van der Waals surface area contributed by atoms with Crippen molar-refractivity contribution in [2.24, 2.45) is 0 Å². The van der Waals surface area contributed by atoms with E-state index in [9.17, 15) is 9.59 Å². The van der Waals surface area contributed by atoms with Crippen LogP contribution < -0.4 is 5.32 Å². The molecule has 1 aliphatic rings. The van der Waals surface area contributed by atoms with Gasteiger partial charge in [0.05, 0.1) is 6.54 Å². The summed E-state index contributed by atoms with van der Waals surface area (Å²) in [6, 6.07) is 5.03. The van der Waals surface area contributed by atoms with Gasteiger partial charge in [0, 0.05) is 25.7 Å². The first-order chi connectivity index (χ1) is 9.41. The van der Waals surface area contributed by atoms with Crippen LogP contribution in [0.5, 0.6) is 0 Å². The van der Waals surface area contributed by atoms with E-state index < -0.39 is 6.04 Å². The SMILES string of the molecule is Cc1c(Cl)cccc1CNC(=O)C1CN(C)C(=O)N1C. The third-order valence-electron chi connectivity index (χ3n) is 3.68. The van der Waals surface area contributed by atoms with Gasteiger partial charge >= 0.3 is 6.03 Å². The van der Waals surface area contributed by atoms with Crippen LogP contribution in [0.2, 0.25) is 5.02 Å². The number of nitrogens with one attached hydrogen (secondary N) is 1. The smallest absolute Gasteiger partial charge is 0.320 e. The third kappa shape index (κ3) is 2.72. The summed E-state index contributed by atoms with van der Waals surface area (Å²) in [6.45, 7) is 2.74. The van der Waals surface area contributed by atoms with Gasteiger partial charge in [-0.15, -0.1) is 0 Å². The zero-order chi connectivity index (χ0) is 14.9. The molecule has 3 amide bonds. The Morgan fingerprint density at radius 2 is 2.15 bits per heavy atom. The van der Waals surface area contributed by atoms with Gasteiger partial charge in [-0.3, -0.25) is 4.79 Å². The molecular weight excluding hydrogens is 278 g/mol. The minimum atomic E-state index is -0.438. The fourth-order valence-corrected chi connectivity index (χ4v) is 2.46. The number of likely N-dealkylation sites (N-methyl/N-ethyl adjacent to an activating group) is 2. The molecule has 0 spiro atoms. The Balaban J connectivity index is 1.99. The van der Waals surface area contributed by atoms with Gasteiger partial charge in [0.15, 0.2) is 0 Å². The number of nitrogens with zero attached hydrogens (tertiary/aromatic N) is 2. The van der Waals surface area contributed by atoms with Crippen molar-refractivity contribution in [1.82, 2.24) is 15.1 Å². The fraction of sp³-hybridized carbons (Fsp3) is 0.429.